The molecule has 0 spiro atoms. The molecule has 0 heterocycles. The second kappa shape index (κ2) is 13.8. The largest absolute Gasteiger partial charge is 0.481 e. The van der Waals surface area contributed by atoms with Crippen molar-refractivity contribution in [2.45, 2.75) is 88.0 Å². The quantitative estimate of drug-likeness (QED) is 0.206. The van der Waals surface area contributed by atoms with Crippen LogP contribution >= 0.6 is 11.6 Å². The number of hydrogen-bond acceptors (Lipinski definition) is 3. The first-order valence-corrected chi connectivity index (χ1v) is 11.8. The molecule has 3 N–H and O–H groups in total. The van der Waals surface area contributed by atoms with E-state index in [1.54, 1.807) is 0 Å². The van der Waals surface area contributed by atoms with Gasteiger partial charge >= 0.3 is 5.97 Å². The lowest BCUT2D eigenvalue weighted by molar-refractivity contribution is -0.137. The number of aliphatic carboxylic acids is 1. The van der Waals surface area contributed by atoms with Gasteiger partial charge in [-0.15, -0.1) is 11.6 Å². The van der Waals surface area contributed by atoms with Crippen LogP contribution in [-0.2, 0) is 11.2 Å². The lowest BCUT2D eigenvalue weighted by atomic mass is 9.85. The van der Waals surface area contributed by atoms with Crippen LogP contribution in [0.4, 0.5) is 0 Å². The average Bonchev–Trinajstić information content (AvgIpc) is 3.00. The molecular weight excluding hydrogens is 400 g/mol. The molecule has 0 aliphatic heterocycles. The van der Waals surface area contributed by atoms with E-state index in [4.69, 9.17) is 21.8 Å². The fourth-order valence-corrected chi connectivity index (χ4v) is 4.89. The number of alkyl halides is 1. The molecular formula is C25H37ClO4. The zero-order valence-electron chi connectivity index (χ0n) is 17.9. The number of aliphatic hydroxyl groups excluding tert-OH is 2. The first-order chi connectivity index (χ1) is 14.5. The number of aliphatic hydroxyl groups is 2. The first kappa shape index (κ1) is 24.9. The molecule has 0 saturated heterocycles. The summed E-state index contributed by atoms with van der Waals surface area (Å²) in [7, 11) is 0. The fraction of sp³-hybridized carbons (Fsp3) is 0.640. The fourth-order valence-electron chi connectivity index (χ4n) is 4.45. The molecule has 168 valence electrons. The van der Waals surface area contributed by atoms with Crippen molar-refractivity contribution in [3.05, 3.63) is 47.5 Å². The van der Waals surface area contributed by atoms with E-state index in [0.717, 1.165) is 44.1 Å². The Bertz CT molecular complexity index is 643. The van der Waals surface area contributed by atoms with Crippen molar-refractivity contribution in [1.29, 1.82) is 0 Å². The van der Waals surface area contributed by atoms with Gasteiger partial charge in [0.2, 0.25) is 0 Å². The molecule has 0 radical (unpaired) electrons. The average molecular weight is 437 g/mol. The van der Waals surface area contributed by atoms with Gasteiger partial charge in [-0.3, -0.25) is 4.79 Å². The molecule has 1 aromatic carbocycles. The minimum atomic E-state index is -0.756. The number of carboxylic acid groups (broad SMARTS) is 1. The lowest BCUT2D eigenvalue weighted by Crippen LogP contribution is -2.18. The third-order valence-corrected chi connectivity index (χ3v) is 6.63. The van der Waals surface area contributed by atoms with Crippen LogP contribution in [0.15, 0.2) is 36.4 Å². The molecule has 4 nitrogen and oxygen atoms in total. The van der Waals surface area contributed by atoms with Crippen LogP contribution in [-0.4, -0.2) is 39.4 Å². The molecule has 1 aliphatic rings. The summed E-state index contributed by atoms with van der Waals surface area (Å²) in [4.78, 5) is 10.6. The number of hydrogen-bond donors (Lipinski definition) is 3. The highest BCUT2D eigenvalue weighted by molar-refractivity contribution is 6.21. The number of halogens is 1. The number of carboxylic acids is 1. The summed E-state index contributed by atoms with van der Waals surface area (Å²) in [5.41, 5.74) is 2.48. The summed E-state index contributed by atoms with van der Waals surface area (Å²) in [6.07, 6.45) is 13.3. The van der Waals surface area contributed by atoms with E-state index in [1.807, 2.05) is 6.08 Å². The Morgan fingerprint density at radius 2 is 1.73 bits per heavy atom. The van der Waals surface area contributed by atoms with Crippen LogP contribution in [0.2, 0.25) is 0 Å². The topological polar surface area (TPSA) is 77.8 Å². The van der Waals surface area contributed by atoms with Crippen LogP contribution in [0, 0.1) is 5.92 Å². The van der Waals surface area contributed by atoms with Crippen LogP contribution in [0.5, 0.6) is 0 Å². The van der Waals surface area contributed by atoms with Gasteiger partial charge in [0.15, 0.2) is 0 Å². The molecule has 5 heteroatoms. The maximum atomic E-state index is 10.6. The normalized spacial score (nSPS) is 24.0. The highest BCUT2D eigenvalue weighted by Crippen LogP contribution is 2.44. The Labute approximate surface area is 186 Å². The zero-order chi connectivity index (χ0) is 21.8. The number of allylic oxidation sites excluding steroid dienone is 2. The predicted octanol–water partition coefficient (Wildman–Crippen LogP) is 5.44. The SMILES string of the molecule is O=C(O)CCC/C=C\C[C@@H]1[C@@H](c2ccc(CCCCCCCO)cc2)[C@H](O)C[C@H]1Cl. The number of aryl methyl sites for hydroxylation is 1. The smallest absolute Gasteiger partial charge is 0.303 e. The van der Waals surface area contributed by atoms with E-state index in [2.05, 4.69) is 30.3 Å². The van der Waals surface area contributed by atoms with Gasteiger partial charge in [0, 0.05) is 24.3 Å². The van der Waals surface area contributed by atoms with Crippen molar-refractivity contribution in [3.63, 3.8) is 0 Å². The Balaban J connectivity index is 1.85. The van der Waals surface area contributed by atoms with Crippen molar-refractivity contribution < 1.29 is 20.1 Å². The summed E-state index contributed by atoms with van der Waals surface area (Å²) in [5.74, 6) is -0.521. The van der Waals surface area contributed by atoms with Gasteiger partial charge in [-0.25, -0.2) is 0 Å². The summed E-state index contributed by atoms with van der Waals surface area (Å²) in [5, 5.41) is 28.1. The Hall–Kier alpha value is -1.36. The van der Waals surface area contributed by atoms with E-state index < -0.39 is 12.1 Å². The van der Waals surface area contributed by atoms with Crippen LogP contribution < -0.4 is 0 Å². The minimum Gasteiger partial charge on any atom is -0.481 e. The maximum absolute atomic E-state index is 10.6. The van der Waals surface area contributed by atoms with Crippen molar-refractivity contribution in [2.24, 2.45) is 5.92 Å². The van der Waals surface area contributed by atoms with Gasteiger partial charge in [-0.05, 0) is 62.0 Å². The van der Waals surface area contributed by atoms with Crippen LogP contribution in [0.1, 0.15) is 81.3 Å². The van der Waals surface area contributed by atoms with Gasteiger partial charge in [0.1, 0.15) is 0 Å². The molecule has 0 aromatic heterocycles. The van der Waals surface area contributed by atoms with E-state index in [0.29, 0.717) is 19.4 Å². The van der Waals surface area contributed by atoms with E-state index >= 15 is 0 Å². The Kier molecular flexibility index (Phi) is 11.5. The monoisotopic (exact) mass is 436 g/mol. The summed E-state index contributed by atoms with van der Waals surface area (Å²) in [6.45, 7) is 0.291. The second-order valence-electron chi connectivity index (χ2n) is 8.48. The Morgan fingerprint density at radius 1 is 1.03 bits per heavy atom. The molecule has 2 rings (SSSR count). The Morgan fingerprint density at radius 3 is 2.43 bits per heavy atom. The highest BCUT2D eigenvalue weighted by Gasteiger charge is 2.41. The molecule has 0 unspecified atom stereocenters. The lowest BCUT2D eigenvalue weighted by Gasteiger charge is -2.23. The van der Waals surface area contributed by atoms with Gasteiger partial charge in [0.25, 0.3) is 0 Å². The number of rotatable bonds is 14. The van der Waals surface area contributed by atoms with Gasteiger partial charge in [0.05, 0.1) is 6.10 Å². The molecule has 1 aromatic rings. The summed E-state index contributed by atoms with van der Waals surface area (Å²) >= 11 is 6.56. The third-order valence-electron chi connectivity index (χ3n) is 6.13. The number of unbranched alkanes of at least 4 members (excludes halogenated alkanes) is 5. The zero-order valence-corrected chi connectivity index (χ0v) is 18.6. The van der Waals surface area contributed by atoms with Crippen molar-refractivity contribution in [2.75, 3.05) is 6.61 Å². The highest BCUT2D eigenvalue weighted by atomic mass is 35.5. The molecule has 0 amide bonds. The van der Waals surface area contributed by atoms with Crippen LogP contribution in [0.3, 0.4) is 0 Å². The van der Waals surface area contributed by atoms with E-state index in [1.165, 1.54) is 18.4 Å². The standard InChI is InChI=1S/C25H37ClO4/c26-22-18-23(28)25(21(22)11-7-3-4-8-12-24(29)30)20-15-13-19(14-16-20)10-6-2-1-5-9-17-27/h3,7,13-16,21-23,25,27-28H,1-2,4-6,8-12,17-18H2,(H,29,30)/b7-3-/t21-,22+,23+,25+/m0/s1. The van der Waals surface area contributed by atoms with Crippen LogP contribution in [0.25, 0.3) is 0 Å². The molecule has 1 saturated carbocycles. The first-order valence-electron chi connectivity index (χ1n) is 11.4. The van der Waals surface area contributed by atoms with E-state index in [9.17, 15) is 9.90 Å². The number of carbonyl (C=O) groups is 1. The minimum absolute atomic E-state index is 0.0451. The third kappa shape index (κ3) is 8.41. The van der Waals surface area contributed by atoms with Gasteiger partial charge in [-0.1, -0.05) is 55.7 Å². The van der Waals surface area contributed by atoms with Gasteiger partial charge in [-0.2, -0.15) is 0 Å². The van der Waals surface area contributed by atoms with E-state index in [-0.39, 0.29) is 23.6 Å². The maximum Gasteiger partial charge on any atom is 0.303 e. The number of benzene rings is 1. The van der Waals surface area contributed by atoms with Crippen molar-refractivity contribution in [1.82, 2.24) is 0 Å². The van der Waals surface area contributed by atoms with Crippen molar-refractivity contribution in [3.8, 4) is 0 Å². The molecule has 1 fully saturated rings. The summed E-state index contributed by atoms with van der Waals surface area (Å²) < 4.78 is 0. The summed E-state index contributed by atoms with van der Waals surface area (Å²) in [6, 6.07) is 8.65. The molecule has 4 atom stereocenters. The molecule has 30 heavy (non-hydrogen) atoms. The van der Waals surface area contributed by atoms with Crippen molar-refractivity contribution >= 4 is 17.6 Å². The second-order valence-corrected chi connectivity index (χ2v) is 9.05. The van der Waals surface area contributed by atoms with Gasteiger partial charge < -0.3 is 15.3 Å². The molecule has 1 aliphatic carbocycles. The molecule has 0 bridgehead atoms. The predicted molar refractivity (Wildman–Crippen MR) is 122 cm³/mol.